The number of carbonyl (C=O) groups excluding carboxylic acids is 1. The first-order chi connectivity index (χ1) is 8.64. The van der Waals surface area contributed by atoms with Crippen molar-refractivity contribution >= 4 is 5.78 Å². The zero-order valence-electron chi connectivity index (χ0n) is 11.2. The third-order valence-electron chi connectivity index (χ3n) is 4.17. The van der Waals surface area contributed by atoms with Gasteiger partial charge in [0, 0.05) is 11.8 Å². The lowest BCUT2D eigenvalue weighted by atomic mass is 9.66. The predicted molar refractivity (Wildman–Crippen MR) is 75.6 cm³/mol. The van der Waals surface area contributed by atoms with E-state index in [0.29, 0.717) is 12.0 Å². The van der Waals surface area contributed by atoms with Gasteiger partial charge in [-0.25, -0.2) is 0 Å². The fourth-order valence-electron chi connectivity index (χ4n) is 3.05. The highest BCUT2D eigenvalue weighted by Gasteiger charge is 2.35. The quantitative estimate of drug-likeness (QED) is 0.714. The van der Waals surface area contributed by atoms with Crippen molar-refractivity contribution in [2.75, 3.05) is 0 Å². The largest absolute Gasteiger partial charge is 0.295 e. The highest BCUT2D eigenvalue weighted by Crippen LogP contribution is 2.42. The number of Topliss-reactive ketones (excluding diaryl/α,β-unsaturated/α-hetero) is 1. The molecule has 0 amide bonds. The van der Waals surface area contributed by atoms with E-state index in [1.54, 1.807) is 0 Å². The van der Waals surface area contributed by atoms with Gasteiger partial charge in [0.25, 0.3) is 0 Å². The summed E-state index contributed by atoms with van der Waals surface area (Å²) in [6, 6.07) is 10.6. The van der Waals surface area contributed by atoms with Crippen molar-refractivity contribution in [3.05, 3.63) is 48.0 Å². The molecule has 96 valence electrons. The van der Waals surface area contributed by atoms with Crippen LogP contribution in [0, 0.1) is 0 Å². The highest BCUT2D eigenvalue weighted by atomic mass is 16.1. The van der Waals surface area contributed by atoms with Gasteiger partial charge in [-0.1, -0.05) is 56.2 Å². The summed E-state index contributed by atoms with van der Waals surface area (Å²) in [6.07, 6.45) is 6.67. The number of hydrogen-bond donors (Lipinski definition) is 0. The molecule has 1 aromatic rings. The minimum absolute atomic E-state index is 0.0650. The Balaban J connectivity index is 2.29. The molecule has 0 unspecified atom stereocenters. The van der Waals surface area contributed by atoms with E-state index in [1.165, 1.54) is 24.8 Å². The first-order valence-electron chi connectivity index (χ1n) is 6.88. The Morgan fingerprint density at radius 1 is 1.17 bits per heavy atom. The summed E-state index contributed by atoms with van der Waals surface area (Å²) in [7, 11) is 0. The molecular weight excluding hydrogens is 220 g/mol. The third-order valence-corrected chi connectivity index (χ3v) is 4.17. The summed E-state index contributed by atoms with van der Waals surface area (Å²) in [4.78, 5) is 12.1. The molecule has 0 N–H and O–H groups in total. The van der Waals surface area contributed by atoms with Gasteiger partial charge in [-0.3, -0.25) is 4.79 Å². The van der Waals surface area contributed by atoms with Gasteiger partial charge in [0.1, 0.15) is 0 Å². The summed E-state index contributed by atoms with van der Waals surface area (Å²) in [5, 5.41) is 0. The van der Waals surface area contributed by atoms with Gasteiger partial charge >= 0.3 is 0 Å². The molecule has 18 heavy (non-hydrogen) atoms. The van der Waals surface area contributed by atoms with Crippen LogP contribution in [0.25, 0.3) is 0 Å². The molecule has 0 saturated heterocycles. The SMILES string of the molecule is C=C(C)C(=O)CC1(c2ccccc2)CCCCC1. The maximum absolute atomic E-state index is 12.1. The Morgan fingerprint density at radius 2 is 1.78 bits per heavy atom. The molecule has 1 fully saturated rings. The maximum atomic E-state index is 12.1. The van der Waals surface area contributed by atoms with Gasteiger partial charge in [-0.15, -0.1) is 0 Å². The lowest BCUT2D eigenvalue weighted by Gasteiger charge is -2.37. The van der Waals surface area contributed by atoms with Gasteiger partial charge in [0.15, 0.2) is 5.78 Å². The third kappa shape index (κ3) is 2.72. The van der Waals surface area contributed by atoms with E-state index in [1.807, 2.05) is 13.0 Å². The maximum Gasteiger partial charge on any atom is 0.158 e. The molecule has 0 aromatic heterocycles. The Morgan fingerprint density at radius 3 is 2.33 bits per heavy atom. The molecule has 0 aliphatic heterocycles. The summed E-state index contributed by atoms with van der Waals surface area (Å²) in [5.41, 5.74) is 2.09. The summed E-state index contributed by atoms with van der Waals surface area (Å²) < 4.78 is 0. The summed E-state index contributed by atoms with van der Waals surface area (Å²) in [5.74, 6) is 0.223. The van der Waals surface area contributed by atoms with Crippen LogP contribution >= 0.6 is 0 Å². The van der Waals surface area contributed by atoms with Crippen LogP contribution in [0.5, 0.6) is 0 Å². The minimum atomic E-state index is 0.0650. The normalized spacial score (nSPS) is 18.3. The van der Waals surface area contributed by atoms with Crippen molar-refractivity contribution in [2.45, 2.75) is 50.9 Å². The number of ketones is 1. The molecule has 0 heterocycles. The highest BCUT2D eigenvalue weighted by molar-refractivity contribution is 5.95. The average Bonchev–Trinajstić information content (AvgIpc) is 2.40. The first-order valence-corrected chi connectivity index (χ1v) is 6.88. The standard InChI is InChI=1S/C17H22O/c1-14(2)16(18)13-17(11-7-4-8-12-17)15-9-5-3-6-10-15/h3,5-6,9-10H,1,4,7-8,11-13H2,2H3. The van der Waals surface area contributed by atoms with Crippen LogP contribution in [-0.4, -0.2) is 5.78 Å². The zero-order valence-corrected chi connectivity index (χ0v) is 11.2. The van der Waals surface area contributed by atoms with Crippen LogP contribution in [0.15, 0.2) is 42.5 Å². The van der Waals surface area contributed by atoms with Crippen molar-refractivity contribution < 1.29 is 4.79 Å². The summed E-state index contributed by atoms with van der Waals surface area (Å²) >= 11 is 0. The van der Waals surface area contributed by atoms with Crippen molar-refractivity contribution in [1.29, 1.82) is 0 Å². The Hall–Kier alpha value is -1.37. The Bertz CT molecular complexity index is 424. The Kier molecular flexibility index (Phi) is 4.00. The van der Waals surface area contributed by atoms with Gasteiger partial charge in [-0.2, -0.15) is 0 Å². The molecule has 1 aromatic carbocycles. The van der Waals surface area contributed by atoms with E-state index >= 15 is 0 Å². The van der Waals surface area contributed by atoms with E-state index in [0.717, 1.165) is 12.8 Å². The minimum Gasteiger partial charge on any atom is -0.295 e. The molecule has 0 atom stereocenters. The molecule has 1 saturated carbocycles. The van der Waals surface area contributed by atoms with E-state index in [4.69, 9.17) is 0 Å². The van der Waals surface area contributed by atoms with Crippen molar-refractivity contribution in [3.8, 4) is 0 Å². The molecule has 0 radical (unpaired) electrons. The van der Waals surface area contributed by atoms with Crippen LogP contribution in [0.1, 0.15) is 51.0 Å². The second-order valence-electron chi connectivity index (χ2n) is 5.59. The van der Waals surface area contributed by atoms with E-state index in [9.17, 15) is 4.79 Å². The first kappa shape index (κ1) is 13.1. The number of rotatable bonds is 4. The molecule has 1 aliphatic rings. The van der Waals surface area contributed by atoms with Gasteiger partial charge in [-0.05, 0) is 30.9 Å². The van der Waals surface area contributed by atoms with Crippen LogP contribution in [0.3, 0.4) is 0 Å². The van der Waals surface area contributed by atoms with Crippen LogP contribution < -0.4 is 0 Å². The molecule has 1 nitrogen and oxygen atoms in total. The molecule has 1 aliphatic carbocycles. The van der Waals surface area contributed by atoms with Crippen molar-refractivity contribution in [2.24, 2.45) is 0 Å². The smallest absolute Gasteiger partial charge is 0.158 e. The molecule has 1 heteroatoms. The average molecular weight is 242 g/mol. The molecular formula is C17H22O. The second kappa shape index (κ2) is 5.51. The lowest BCUT2D eigenvalue weighted by molar-refractivity contribution is -0.117. The van der Waals surface area contributed by atoms with E-state index < -0.39 is 0 Å². The predicted octanol–water partition coefficient (Wildman–Crippen LogP) is 4.42. The number of benzene rings is 1. The molecule has 2 rings (SSSR count). The van der Waals surface area contributed by atoms with Crippen LogP contribution in [-0.2, 0) is 10.2 Å². The van der Waals surface area contributed by atoms with Crippen molar-refractivity contribution in [3.63, 3.8) is 0 Å². The number of allylic oxidation sites excluding steroid dienone is 1. The topological polar surface area (TPSA) is 17.1 Å². The van der Waals surface area contributed by atoms with Crippen LogP contribution in [0.4, 0.5) is 0 Å². The second-order valence-corrected chi connectivity index (χ2v) is 5.59. The lowest BCUT2D eigenvalue weighted by Crippen LogP contribution is -2.32. The fourth-order valence-corrected chi connectivity index (χ4v) is 3.05. The zero-order chi connectivity index (χ0) is 13.0. The monoisotopic (exact) mass is 242 g/mol. The molecule has 0 spiro atoms. The fraction of sp³-hybridized carbons (Fsp3) is 0.471. The van der Waals surface area contributed by atoms with Gasteiger partial charge in [0.05, 0.1) is 0 Å². The van der Waals surface area contributed by atoms with Gasteiger partial charge in [0.2, 0.25) is 0 Å². The van der Waals surface area contributed by atoms with E-state index in [-0.39, 0.29) is 11.2 Å². The number of hydrogen-bond acceptors (Lipinski definition) is 1. The molecule has 0 bridgehead atoms. The van der Waals surface area contributed by atoms with Crippen LogP contribution in [0.2, 0.25) is 0 Å². The van der Waals surface area contributed by atoms with E-state index in [2.05, 4.69) is 30.8 Å². The summed E-state index contributed by atoms with van der Waals surface area (Å²) in [6.45, 7) is 5.62. The van der Waals surface area contributed by atoms with Gasteiger partial charge < -0.3 is 0 Å². The Labute approximate surface area is 110 Å². The van der Waals surface area contributed by atoms with Crippen molar-refractivity contribution in [1.82, 2.24) is 0 Å². The number of carbonyl (C=O) groups is 1.